The molecular weight excluding hydrogens is 386 g/mol. The molecular formula is C17H19N5O5S. The number of pyridine rings is 1. The molecule has 2 aromatic heterocycles. The van der Waals surface area contributed by atoms with Crippen LogP contribution >= 0.6 is 0 Å². The number of hydrogen-bond donors (Lipinski definition) is 3. The number of hydrogen-bond acceptors (Lipinski definition) is 6. The minimum absolute atomic E-state index is 0.138. The van der Waals surface area contributed by atoms with Gasteiger partial charge in [0, 0.05) is 48.1 Å². The van der Waals surface area contributed by atoms with Gasteiger partial charge in [-0.3, -0.25) is 9.78 Å². The smallest absolute Gasteiger partial charge is 0.354 e. The van der Waals surface area contributed by atoms with Crippen molar-refractivity contribution in [2.24, 2.45) is 16.3 Å². The number of carboxylic acid groups (broad SMARTS) is 1. The van der Waals surface area contributed by atoms with Crippen molar-refractivity contribution in [2.45, 2.75) is 18.9 Å². The van der Waals surface area contributed by atoms with Crippen molar-refractivity contribution in [3.8, 4) is 11.1 Å². The summed E-state index contributed by atoms with van der Waals surface area (Å²) in [6.45, 7) is 1.34. The molecule has 1 saturated heterocycles. The summed E-state index contributed by atoms with van der Waals surface area (Å²) in [7, 11) is -4.26. The van der Waals surface area contributed by atoms with Gasteiger partial charge in [-0.1, -0.05) is 6.07 Å². The molecule has 0 atom stereocenters. The maximum atomic E-state index is 12.5. The lowest BCUT2D eigenvalue weighted by Crippen LogP contribution is -2.66. The summed E-state index contributed by atoms with van der Waals surface area (Å²) < 4.78 is 23.6. The van der Waals surface area contributed by atoms with Gasteiger partial charge in [0.05, 0.1) is 0 Å². The van der Waals surface area contributed by atoms with Crippen molar-refractivity contribution in [3.63, 3.8) is 0 Å². The molecule has 4 rings (SSSR count). The molecule has 3 heterocycles. The second kappa shape index (κ2) is 6.12. The number of rotatable bonds is 4. The zero-order valence-corrected chi connectivity index (χ0v) is 15.6. The third kappa shape index (κ3) is 2.97. The fraction of sp³-hybridized carbons (Fsp3) is 0.353. The van der Waals surface area contributed by atoms with E-state index in [2.05, 4.69) is 4.98 Å². The zero-order valence-electron chi connectivity index (χ0n) is 14.8. The lowest BCUT2D eigenvalue weighted by Gasteiger charge is -2.58. The first kappa shape index (κ1) is 18.6. The average molecular weight is 405 g/mol. The molecule has 1 amide bonds. The normalized spacial score (nSPS) is 18.6. The fourth-order valence-corrected chi connectivity index (χ4v) is 4.79. The molecule has 2 aliphatic rings. The topological polar surface area (TPSA) is 162 Å². The molecule has 1 aliphatic carbocycles. The molecule has 11 heteroatoms. The summed E-state index contributed by atoms with van der Waals surface area (Å²) in [5, 5.41) is 14.4. The highest BCUT2D eigenvalue weighted by molar-refractivity contribution is 7.87. The number of nitrogens with zero attached hydrogens (tertiary/aromatic N) is 3. The van der Waals surface area contributed by atoms with E-state index in [4.69, 9.17) is 10.9 Å². The Kier molecular flexibility index (Phi) is 4.07. The predicted octanol–water partition coefficient (Wildman–Crippen LogP) is -0.137. The highest BCUT2D eigenvalue weighted by Crippen LogP contribution is 2.47. The van der Waals surface area contributed by atoms with Crippen molar-refractivity contribution in [2.75, 3.05) is 13.1 Å². The number of aromatic carboxylic acids is 1. The Labute approximate surface area is 160 Å². The number of carboxylic acids is 1. The van der Waals surface area contributed by atoms with Crippen molar-refractivity contribution < 1.29 is 23.1 Å². The summed E-state index contributed by atoms with van der Waals surface area (Å²) in [4.78, 5) is 29.9. The third-order valence-electron chi connectivity index (χ3n) is 5.35. The van der Waals surface area contributed by atoms with Gasteiger partial charge in [0.1, 0.15) is 5.69 Å². The molecule has 0 radical (unpaired) electrons. The predicted molar refractivity (Wildman–Crippen MR) is 98.7 cm³/mol. The van der Waals surface area contributed by atoms with Crippen LogP contribution in [0.2, 0.25) is 0 Å². The number of carbonyl (C=O) groups is 2. The molecule has 0 aromatic carbocycles. The molecule has 1 saturated carbocycles. The maximum Gasteiger partial charge on any atom is 0.354 e. The summed E-state index contributed by atoms with van der Waals surface area (Å²) in [5.74, 6) is -1.64. The monoisotopic (exact) mass is 405 g/mol. The van der Waals surface area contributed by atoms with Crippen molar-refractivity contribution >= 4 is 22.1 Å². The van der Waals surface area contributed by atoms with Crippen molar-refractivity contribution in [3.05, 3.63) is 42.0 Å². The van der Waals surface area contributed by atoms with E-state index in [1.54, 1.807) is 4.90 Å². The Morgan fingerprint density at radius 3 is 2.39 bits per heavy atom. The molecule has 2 fully saturated rings. The minimum Gasteiger partial charge on any atom is -0.477 e. The summed E-state index contributed by atoms with van der Waals surface area (Å²) in [6, 6.07) is 4.58. The van der Waals surface area contributed by atoms with E-state index < -0.39 is 21.9 Å². The summed E-state index contributed by atoms with van der Waals surface area (Å²) in [6.07, 6.45) is 4.28. The standard InChI is InChI=1S/C17H19N5O5S/c18-11-5-17(6-11)8-21(9-17)15(23)13-2-1-10(7-20-13)12-3-4-22(28(19,26)27)14(12)16(24)25/h1-4,7,11H,5-6,8-9,18H2,(H,24,25)(H2,19,26,27). The van der Waals surface area contributed by atoms with Crippen LogP contribution < -0.4 is 10.9 Å². The Bertz CT molecular complexity index is 1060. The van der Waals surface area contributed by atoms with E-state index in [1.165, 1.54) is 24.4 Å². The van der Waals surface area contributed by atoms with Crippen LogP contribution in [0.1, 0.15) is 33.8 Å². The van der Waals surface area contributed by atoms with Gasteiger partial charge in [0.2, 0.25) is 0 Å². The molecule has 0 unspecified atom stereocenters. The quantitative estimate of drug-likeness (QED) is 0.638. The second-order valence-corrected chi connectivity index (χ2v) is 8.91. The lowest BCUT2D eigenvalue weighted by atomic mass is 9.61. The van der Waals surface area contributed by atoms with E-state index in [1.807, 2.05) is 0 Å². The highest BCUT2D eigenvalue weighted by Gasteiger charge is 2.52. The van der Waals surface area contributed by atoms with Gasteiger partial charge in [-0.25, -0.2) is 13.9 Å². The van der Waals surface area contributed by atoms with Crippen LogP contribution in [0.5, 0.6) is 0 Å². The number of likely N-dealkylation sites (tertiary alicyclic amines) is 1. The maximum absolute atomic E-state index is 12.5. The largest absolute Gasteiger partial charge is 0.477 e. The third-order valence-corrected chi connectivity index (χ3v) is 6.21. The van der Waals surface area contributed by atoms with Crippen LogP contribution in [-0.2, 0) is 10.2 Å². The zero-order chi connectivity index (χ0) is 20.3. The summed E-state index contributed by atoms with van der Waals surface area (Å²) in [5.41, 5.74) is 6.24. The van der Waals surface area contributed by atoms with Gasteiger partial charge in [-0.15, -0.1) is 0 Å². The van der Waals surface area contributed by atoms with Gasteiger partial charge < -0.3 is 15.7 Å². The van der Waals surface area contributed by atoms with Crippen LogP contribution in [0.15, 0.2) is 30.6 Å². The van der Waals surface area contributed by atoms with Crippen molar-refractivity contribution in [1.82, 2.24) is 13.9 Å². The van der Waals surface area contributed by atoms with Gasteiger partial charge >= 0.3 is 16.2 Å². The first-order valence-corrected chi connectivity index (χ1v) is 10.1. The average Bonchev–Trinajstić information content (AvgIpc) is 3.02. The Balaban J connectivity index is 1.55. The van der Waals surface area contributed by atoms with Crippen molar-refractivity contribution in [1.29, 1.82) is 0 Å². The Morgan fingerprint density at radius 2 is 1.89 bits per heavy atom. The van der Waals surface area contributed by atoms with Gasteiger partial charge in [0.15, 0.2) is 5.69 Å². The van der Waals surface area contributed by atoms with Gasteiger partial charge in [0.25, 0.3) is 5.91 Å². The number of aromatic nitrogens is 2. The Hall–Kier alpha value is -2.76. The Morgan fingerprint density at radius 1 is 1.21 bits per heavy atom. The number of nitrogens with two attached hydrogens (primary N) is 2. The number of carbonyl (C=O) groups excluding carboxylic acids is 1. The van der Waals surface area contributed by atoms with E-state index in [0.717, 1.165) is 19.0 Å². The van der Waals surface area contributed by atoms with Crippen LogP contribution in [0, 0.1) is 5.41 Å². The lowest BCUT2D eigenvalue weighted by molar-refractivity contribution is -0.0535. The summed E-state index contributed by atoms with van der Waals surface area (Å²) >= 11 is 0. The van der Waals surface area contributed by atoms with Crippen LogP contribution in [-0.4, -0.2) is 58.4 Å². The van der Waals surface area contributed by atoms with Crippen LogP contribution in [0.3, 0.4) is 0 Å². The highest BCUT2D eigenvalue weighted by atomic mass is 32.2. The van der Waals surface area contributed by atoms with Gasteiger partial charge in [-0.05, 0) is 25.0 Å². The van der Waals surface area contributed by atoms with Crippen LogP contribution in [0.25, 0.3) is 11.1 Å². The molecule has 148 valence electrons. The van der Waals surface area contributed by atoms with E-state index in [0.29, 0.717) is 22.6 Å². The molecule has 28 heavy (non-hydrogen) atoms. The first-order chi connectivity index (χ1) is 13.1. The minimum atomic E-state index is -4.26. The van der Waals surface area contributed by atoms with E-state index in [9.17, 15) is 23.1 Å². The number of amides is 1. The molecule has 1 spiro atoms. The van der Waals surface area contributed by atoms with Gasteiger partial charge in [-0.2, -0.15) is 8.42 Å². The molecule has 1 aliphatic heterocycles. The second-order valence-electron chi connectivity index (χ2n) is 7.49. The van der Waals surface area contributed by atoms with E-state index >= 15 is 0 Å². The van der Waals surface area contributed by atoms with E-state index in [-0.39, 0.29) is 28.6 Å². The molecule has 0 bridgehead atoms. The SMILES string of the molecule is NC1CC2(C1)CN(C(=O)c1ccc(-c3ccn(S(N)(=O)=O)c3C(=O)O)cn1)C2. The molecule has 5 N–H and O–H groups in total. The van der Waals surface area contributed by atoms with Crippen LogP contribution in [0.4, 0.5) is 0 Å². The molecule has 10 nitrogen and oxygen atoms in total. The fourth-order valence-electron chi connectivity index (χ4n) is 4.13. The first-order valence-electron chi connectivity index (χ1n) is 8.59. The molecule has 2 aromatic rings.